The summed E-state index contributed by atoms with van der Waals surface area (Å²) in [6.07, 6.45) is 0.527. The van der Waals surface area contributed by atoms with Gasteiger partial charge in [-0.1, -0.05) is 6.92 Å². The Hall–Kier alpha value is -1.03. The lowest BCUT2D eigenvalue weighted by Crippen LogP contribution is -2.17. The molecular weight excluding hydrogens is 132 g/mol. The SMILES string of the molecule is CCC(N)=C(CN)C(=O)O. The van der Waals surface area contributed by atoms with Gasteiger partial charge in [-0.15, -0.1) is 0 Å². The van der Waals surface area contributed by atoms with Crippen LogP contribution in [0.4, 0.5) is 0 Å². The van der Waals surface area contributed by atoms with E-state index < -0.39 is 5.97 Å². The molecule has 5 N–H and O–H groups in total. The predicted molar refractivity (Wildman–Crippen MR) is 38.2 cm³/mol. The molecule has 0 bridgehead atoms. The van der Waals surface area contributed by atoms with Crippen molar-refractivity contribution in [2.45, 2.75) is 13.3 Å². The summed E-state index contributed by atoms with van der Waals surface area (Å²) in [6.45, 7) is 1.78. The third kappa shape index (κ3) is 2.06. The summed E-state index contributed by atoms with van der Waals surface area (Å²) in [6, 6.07) is 0. The van der Waals surface area contributed by atoms with E-state index in [1.165, 1.54) is 0 Å². The second kappa shape index (κ2) is 3.90. The van der Waals surface area contributed by atoms with Crippen molar-refractivity contribution in [3.8, 4) is 0 Å². The van der Waals surface area contributed by atoms with Crippen LogP contribution in [0.5, 0.6) is 0 Å². The Morgan fingerprint density at radius 1 is 1.60 bits per heavy atom. The van der Waals surface area contributed by atoms with Crippen molar-refractivity contribution in [2.24, 2.45) is 11.5 Å². The maximum Gasteiger partial charge on any atom is 0.334 e. The first-order chi connectivity index (χ1) is 4.63. The average Bonchev–Trinajstić information content (AvgIpc) is 1.88. The summed E-state index contributed by atoms with van der Waals surface area (Å²) in [5, 5.41) is 8.46. The topological polar surface area (TPSA) is 89.3 Å². The van der Waals surface area contributed by atoms with Gasteiger partial charge in [0.15, 0.2) is 0 Å². The van der Waals surface area contributed by atoms with E-state index in [0.717, 1.165) is 0 Å². The first-order valence-corrected chi connectivity index (χ1v) is 3.04. The molecule has 0 aromatic rings. The monoisotopic (exact) mass is 144 g/mol. The number of carboxylic acids is 1. The lowest BCUT2D eigenvalue weighted by Gasteiger charge is -2.01. The van der Waals surface area contributed by atoms with Gasteiger partial charge in [0.2, 0.25) is 0 Å². The molecule has 0 spiro atoms. The van der Waals surface area contributed by atoms with Gasteiger partial charge in [-0.2, -0.15) is 0 Å². The summed E-state index contributed by atoms with van der Waals surface area (Å²) in [4.78, 5) is 10.3. The van der Waals surface area contributed by atoms with Crippen LogP contribution in [0.15, 0.2) is 11.3 Å². The van der Waals surface area contributed by atoms with Crippen molar-refractivity contribution in [1.82, 2.24) is 0 Å². The second-order valence-electron chi connectivity index (χ2n) is 1.87. The number of allylic oxidation sites excluding steroid dienone is 1. The van der Waals surface area contributed by atoms with Gasteiger partial charge in [-0.3, -0.25) is 0 Å². The van der Waals surface area contributed by atoms with E-state index in [-0.39, 0.29) is 12.1 Å². The molecule has 0 radical (unpaired) electrons. The van der Waals surface area contributed by atoms with Crippen LogP contribution in [0, 0.1) is 0 Å². The third-order valence-corrected chi connectivity index (χ3v) is 1.23. The molecule has 0 aliphatic carbocycles. The highest BCUT2D eigenvalue weighted by Gasteiger charge is 2.07. The van der Waals surface area contributed by atoms with E-state index >= 15 is 0 Å². The molecule has 58 valence electrons. The zero-order valence-electron chi connectivity index (χ0n) is 5.92. The highest BCUT2D eigenvalue weighted by atomic mass is 16.4. The minimum absolute atomic E-state index is 0.00495. The molecule has 0 aliphatic rings. The quantitative estimate of drug-likeness (QED) is 0.472. The molecule has 4 nitrogen and oxygen atoms in total. The molecule has 0 rings (SSSR count). The summed E-state index contributed by atoms with van der Waals surface area (Å²) in [5.41, 5.74) is 10.9. The molecule has 0 saturated carbocycles. The average molecular weight is 144 g/mol. The number of nitrogens with two attached hydrogens (primary N) is 2. The zero-order valence-corrected chi connectivity index (χ0v) is 5.92. The maximum atomic E-state index is 10.3. The smallest absolute Gasteiger partial charge is 0.334 e. The summed E-state index contributed by atoms with van der Waals surface area (Å²) < 4.78 is 0. The summed E-state index contributed by atoms with van der Waals surface area (Å²) >= 11 is 0. The molecule has 0 heterocycles. The third-order valence-electron chi connectivity index (χ3n) is 1.23. The second-order valence-corrected chi connectivity index (χ2v) is 1.87. The molecule has 0 unspecified atom stereocenters. The molecule has 0 atom stereocenters. The normalized spacial score (nSPS) is 12.6. The van der Waals surface area contributed by atoms with Gasteiger partial charge in [-0.25, -0.2) is 4.79 Å². The van der Waals surface area contributed by atoms with E-state index in [2.05, 4.69) is 0 Å². The van der Waals surface area contributed by atoms with E-state index in [0.29, 0.717) is 12.1 Å². The highest BCUT2D eigenvalue weighted by molar-refractivity contribution is 5.87. The summed E-state index contributed by atoms with van der Waals surface area (Å²) in [7, 11) is 0. The Morgan fingerprint density at radius 2 is 2.10 bits per heavy atom. The van der Waals surface area contributed by atoms with Crippen LogP contribution in [-0.2, 0) is 4.79 Å². The van der Waals surface area contributed by atoms with Crippen LogP contribution in [0.2, 0.25) is 0 Å². The maximum absolute atomic E-state index is 10.3. The number of carbonyl (C=O) groups is 1. The van der Waals surface area contributed by atoms with Gasteiger partial charge in [0, 0.05) is 12.2 Å². The fraction of sp³-hybridized carbons (Fsp3) is 0.500. The van der Waals surface area contributed by atoms with E-state index in [9.17, 15) is 4.79 Å². The van der Waals surface area contributed by atoms with Crippen LogP contribution in [0.3, 0.4) is 0 Å². The fourth-order valence-corrected chi connectivity index (χ4v) is 0.569. The van der Waals surface area contributed by atoms with E-state index in [4.69, 9.17) is 16.6 Å². The number of rotatable bonds is 3. The Bertz CT molecular complexity index is 163. The standard InChI is InChI=1S/C6H12N2O2/c1-2-5(8)4(3-7)6(9)10/h2-3,7-8H2,1H3,(H,9,10). The lowest BCUT2D eigenvalue weighted by atomic mass is 10.2. The molecule has 0 aliphatic heterocycles. The lowest BCUT2D eigenvalue weighted by molar-refractivity contribution is -0.132. The molecule has 4 heteroatoms. The molecule has 10 heavy (non-hydrogen) atoms. The van der Waals surface area contributed by atoms with Crippen LogP contribution in [0.1, 0.15) is 13.3 Å². The molecule has 0 aromatic carbocycles. The van der Waals surface area contributed by atoms with E-state index in [1.54, 1.807) is 6.92 Å². The molecular formula is C6H12N2O2. The van der Waals surface area contributed by atoms with Gasteiger partial charge in [0.25, 0.3) is 0 Å². The van der Waals surface area contributed by atoms with Gasteiger partial charge in [0.1, 0.15) is 0 Å². The van der Waals surface area contributed by atoms with Crippen molar-refractivity contribution in [3.63, 3.8) is 0 Å². The van der Waals surface area contributed by atoms with Crippen LogP contribution in [-0.4, -0.2) is 17.6 Å². The number of hydrogen-bond donors (Lipinski definition) is 3. The van der Waals surface area contributed by atoms with Gasteiger partial charge < -0.3 is 16.6 Å². The Kier molecular flexibility index (Phi) is 3.49. The zero-order chi connectivity index (χ0) is 8.15. The van der Waals surface area contributed by atoms with E-state index in [1.807, 2.05) is 0 Å². The molecule has 0 saturated heterocycles. The molecule has 0 fully saturated rings. The van der Waals surface area contributed by atoms with Crippen LogP contribution >= 0.6 is 0 Å². The number of hydrogen-bond acceptors (Lipinski definition) is 3. The van der Waals surface area contributed by atoms with Gasteiger partial charge >= 0.3 is 5.97 Å². The molecule has 0 aromatic heterocycles. The first-order valence-electron chi connectivity index (χ1n) is 3.04. The summed E-state index contributed by atoms with van der Waals surface area (Å²) in [5.74, 6) is -1.03. The minimum Gasteiger partial charge on any atom is -0.478 e. The van der Waals surface area contributed by atoms with Crippen LogP contribution in [0.25, 0.3) is 0 Å². The molecule has 0 amide bonds. The highest BCUT2D eigenvalue weighted by Crippen LogP contribution is 2.00. The fourth-order valence-electron chi connectivity index (χ4n) is 0.569. The van der Waals surface area contributed by atoms with Crippen molar-refractivity contribution >= 4 is 5.97 Å². The van der Waals surface area contributed by atoms with Gasteiger partial charge in [0.05, 0.1) is 5.57 Å². The van der Waals surface area contributed by atoms with Crippen molar-refractivity contribution in [3.05, 3.63) is 11.3 Å². The first kappa shape index (κ1) is 8.97. The van der Waals surface area contributed by atoms with Crippen LogP contribution < -0.4 is 11.5 Å². The van der Waals surface area contributed by atoms with Crippen molar-refractivity contribution in [2.75, 3.05) is 6.54 Å². The van der Waals surface area contributed by atoms with Crippen molar-refractivity contribution < 1.29 is 9.90 Å². The predicted octanol–water partition coefficient (Wildman–Crippen LogP) is -0.347. The van der Waals surface area contributed by atoms with Crippen molar-refractivity contribution in [1.29, 1.82) is 0 Å². The number of aliphatic carboxylic acids is 1. The Morgan fingerprint density at radius 3 is 2.20 bits per heavy atom. The Balaban J connectivity index is 4.45. The van der Waals surface area contributed by atoms with Gasteiger partial charge in [-0.05, 0) is 6.42 Å². The Labute approximate surface area is 59.5 Å². The largest absolute Gasteiger partial charge is 0.478 e. The number of carboxylic acid groups (broad SMARTS) is 1. The minimum atomic E-state index is -1.03.